The second kappa shape index (κ2) is 6.57. The first-order valence-corrected chi connectivity index (χ1v) is 8.56. The average molecular weight is 342 g/mol. The van der Waals surface area contributed by atoms with Crippen molar-refractivity contribution >= 4 is 5.91 Å². The van der Waals surface area contributed by atoms with Crippen LogP contribution >= 0.6 is 0 Å². The maximum Gasteiger partial charge on any atom is 0.257 e. The van der Waals surface area contributed by atoms with Crippen molar-refractivity contribution in [3.8, 4) is 0 Å². The number of ether oxygens (including phenoxy) is 2. The van der Waals surface area contributed by atoms with Gasteiger partial charge in [-0.2, -0.15) is 5.10 Å². The summed E-state index contributed by atoms with van der Waals surface area (Å²) < 4.78 is 13.5. The zero-order valence-corrected chi connectivity index (χ0v) is 14.3. The Balaban J connectivity index is 1.31. The molecule has 2 saturated heterocycles. The van der Waals surface area contributed by atoms with Gasteiger partial charge in [-0.1, -0.05) is 6.07 Å². The standard InChI is InChI=1S/C18H22N4O3/c1-21-9-14(8-20-21)17(23)22-12-18(13-22)15(5-7-25-18)10-24-11-16-4-2-3-6-19-16/h2-4,6,8-9,15H,5,7,10-13H2,1H3. The predicted molar refractivity (Wildman–Crippen MR) is 89.8 cm³/mol. The Bertz CT molecular complexity index is 740. The molecule has 2 fully saturated rings. The van der Waals surface area contributed by atoms with Crippen molar-refractivity contribution in [1.29, 1.82) is 0 Å². The summed E-state index contributed by atoms with van der Waals surface area (Å²) in [6, 6.07) is 5.81. The average Bonchev–Trinajstić information content (AvgIpc) is 3.20. The number of aryl methyl sites for hydroxylation is 1. The molecular weight excluding hydrogens is 320 g/mol. The molecule has 1 atom stereocenters. The van der Waals surface area contributed by atoms with Crippen molar-refractivity contribution in [1.82, 2.24) is 19.7 Å². The van der Waals surface area contributed by atoms with Gasteiger partial charge in [-0.05, 0) is 18.6 Å². The largest absolute Gasteiger partial charge is 0.375 e. The van der Waals surface area contributed by atoms with Crippen LogP contribution in [0.4, 0.5) is 0 Å². The molecule has 2 aromatic rings. The van der Waals surface area contributed by atoms with E-state index in [0.717, 1.165) is 18.7 Å². The van der Waals surface area contributed by atoms with Gasteiger partial charge < -0.3 is 14.4 Å². The molecular formula is C18H22N4O3. The second-order valence-electron chi connectivity index (χ2n) is 6.80. The molecule has 4 heterocycles. The highest BCUT2D eigenvalue weighted by atomic mass is 16.5. The number of likely N-dealkylation sites (tertiary alicyclic amines) is 1. The molecule has 1 spiro atoms. The van der Waals surface area contributed by atoms with Crippen LogP contribution in [-0.2, 0) is 23.1 Å². The van der Waals surface area contributed by atoms with E-state index in [4.69, 9.17) is 9.47 Å². The van der Waals surface area contributed by atoms with Crippen molar-refractivity contribution in [2.24, 2.45) is 13.0 Å². The molecule has 4 rings (SSSR count). The van der Waals surface area contributed by atoms with Crippen LogP contribution in [0.5, 0.6) is 0 Å². The Morgan fingerprint density at radius 1 is 1.44 bits per heavy atom. The summed E-state index contributed by atoms with van der Waals surface area (Å²) in [5, 5.41) is 4.06. The number of carbonyl (C=O) groups is 1. The Morgan fingerprint density at radius 3 is 3.04 bits per heavy atom. The van der Waals surface area contributed by atoms with Crippen molar-refractivity contribution in [2.45, 2.75) is 18.6 Å². The summed E-state index contributed by atoms with van der Waals surface area (Å²) in [4.78, 5) is 18.6. The van der Waals surface area contributed by atoms with E-state index in [0.29, 0.717) is 37.8 Å². The summed E-state index contributed by atoms with van der Waals surface area (Å²) in [7, 11) is 1.81. The molecule has 2 aliphatic heterocycles. The van der Waals surface area contributed by atoms with Crippen LogP contribution in [0.1, 0.15) is 22.5 Å². The second-order valence-corrected chi connectivity index (χ2v) is 6.80. The van der Waals surface area contributed by atoms with E-state index in [2.05, 4.69) is 10.1 Å². The SMILES string of the molecule is Cn1cc(C(=O)N2CC3(C2)OCCC3COCc2ccccn2)cn1. The van der Waals surface area contributed by atoms with Gasteiger partial charge in [-0.15, -0.1) is 0 Å². The first-order valence-electron chi connectivity index (χ1n) is 8.56. The summed E-state index contributed by atoms with van der Waals surface area (Å²) in [5.74, 6) is 0.330. The highest BCUT2D eigenvalue weighted by Gasteiger charge is 2.54. The zero-order valence-electron chi connectivity index (χ0n) is 14.3. The fraction of sp³-hybridized carbons (Fsp3) is 0.500. The highest BCUT2D eigenvalue weighted by molar-refractivity contribution is 5.94. The maximum atomic E-state index is 12.5. The third-order valence-corrected chi connectivity index (χ3v) is 5.05. The molecule has 2 aromatic heterocycles. The van der Waals surface area contributed by atoms with E-state index >= 15 is 0 Å². The van der Waals surface area contributed by atoms with Gasteiger partial charge in [0.1, 0.15) is 5.60 Å². The van der Waals surface area contributed by atoms with Crippen LogP contribution in [0, 0.1) is 5.92 Å². The summed E-state index contributed by atoms with van der Waals surface area (Å²) in [6.07, 6.45) is 6.09. The molecule has 0 N–H and O–H groups in total. The number of nitrogens with zero attached hydrogens (tertiary/aromatic N) is 4. The van der Waals surface area contributed by atoms with Crippen LogP contribution in [0.2, 0.25) is 0 Å². The molecule has 25 heavy (non-hydrogen) atoms. The summed E-state index contributed by atoms with van der Waals surface area (Å²) >= 11 is 0. The smallest absolute Gasteiger partial charge is 0.257 e. The maximum absolute atomic E-state index is 12.5. The number of carbonyl (C=O) groups excluding carboxylic acids is 1. The van der Waals surface area contributed by atoms with Gasteiger partial charge in [0.2, 0.25) is 0 Å². The van der Waals surface area contributed by atoms with Gasteiger partial charge in [-0.3, -0.25) is 14.5 Å². The highest BCUT2D eigenvalue weighted by Crippen LogP contribution is 2.40. The third-order valence-electron chi connectivity index (χ3n) is 5.05. The fourth-order valence-electron chi connectivity index (χ4n) is 3.62. The van der Waals surface area contributed by atoms with Gasteiger partial charge in [-0.25, -0.2) is 0 Å². The quantitative estimate of drug-likeness (QED) is 0.818. The number of amides is 1. The zero-order chi connectivity index (χ0) is 17.3. The Hall–Kier alpha value is -2.25. The third kappa shape index (κ3) is 3.17. The molecule has 7 heteroatoms. The number of aromatic nitrogens is 3. The molecule has 0 radical (unpaired) electrons. The number of rotatable bonds is 5. The molecule has 0 aliphatic carbocycles. The molecule has 7 nitrogen and oxygen atoms in total. The van der Waals surface area contributed by atoms with Crippen LogP contribution in [0.25, 0.3) is 0 Å². The minimum Gasteiger partial charge on any atom is -0.375 e. The van der Waals surface area contributed by atoms with Crippen LogP contribution in [0.15, 0.2) is 36.8 Å². The fourth-order valence-corrected chi connectivity index (χ4v) is 3.62. The molecule has 2 aliphatic rings. The van der Waals surface area contributed by atoms with E-state index in [1.54, 1.807) is 23.3 Å². The van der Waals surface area contributed by atoms with Crippen LogP contribution < -0.4 is 0 Å². The molecule has 1 amide bonds. The molecule has 0 bridgehead atoms. The molecule has 0 aromatic carbocycles. The van der Waals surface area contributed by atoms with Crippen LogP contribution in [-0.4, -0.2) is 57.5 Å². The van der Waals surface area contributed by atoms with E-state index < -0.39 is 0 Å². The van der Waals surface area contributed by atoms with Gasteiger partial charge in [0.25, 0.3) is 5.91 Å². The lowest BCUT2D eigenvalue weighted by atomic mass is 9.81. The van der Waals surface area contributed by atoms with Crippen molar-refractivity contribution < 1.29 is 14.3 Å². The molecule has 1 unspecified atom stereocenters. The van der Waals surface area contributed by atoms with Crippen molar-refractivity contribution in [3.63, 3.8) is 0 Å². The lowest BCUT2D eigenvalue weighted by Crippen LogP contribution is -2.66. The minimum absolute atomic E-state index is 0.0161. The lowest BCUT2D eigenvalue weighted by Gasteiger charge is -2.50. The number of hydrogen-bond donors (Lipinski definition) is 0. The van der Waals surface area contributed by atoms with Gasteiger partial charge in [0, 0.05) is 32.0 Å². The first-order chi connectivity index (χ1) is 12.2. The summed E-state index contributed by atoms with van der Waals surface area (Å²) in [6.45, 7) is 3.11. The topological polar surface area (TPSA) is 69.5 Å². The minimum atomic E-state index is -0.248. The van der Waals surface area contributed by atoms with Gasteiger partial charge in [0.05, 0.1) is 43.8 Å². The Kier molecular flexibility index (Phi) is 4.27. The molecule has 132 valence electrons. The van der Waals surface area contributed by atoms with Crippen LogP contribution in [0.3, 0.4) is 0 Å². The van der Waals surface area contributed by atoms with Crippen molar-refractivity contribution in [3.05, 3.63) is 48.0 Å². The number of hydrogen-bond acceptors (Lipinski definition) is 5. The Labute approximate surface area is 146 Å². The number of pyridine rings is 1. The van der Waals surface area contributed by atoms with E-state index in [9.17, 15) is 4.79 Å². The van der Waals surface area contributed by atoms with E-state index in [-0.39, 0.29) is 11.5 Å². The van der Waals surface area contributed by atoms with E-state index in [1.165, 1.54) is 0 Å². The Morgan fingerprint density at radius 2 is 2.32 bits per heavy atom. The normalized spacial score (nSPS) is 21.5. The van der Waals surface area contributed by atoms with E-state index in [1.807, 2.05) is 30.1 Å². The monoisotopic (exact) mass is 342 g/mol. The molecule has 0 saturated carbocycles. The van der Waals surface area contributed by atoms with Crippen molar-refractivity contribution in [2.75, 3.05) is 26.3 Å². The summed E-state index contributed by atoms with van der Waals surface area (Å²) in [5.41, 5.74) is 1.30. The van der Waals surface area contributed by atoms with Gasteiger partial charge in [0.15, 0.2) is 0 Å². The lowest BCUT2D eigenvalue weighted by molar-refractivity contribution is -0.129. The predicted octanol–water partition coefficient (Wildman–Crippen LogP) is 1.26. The van der Waals surface area contributed by atoms with Gasteiger partial charge >= 0.3 is 0 Å². The first kappa shape index (κ1) is 16.2.